The number of aromatic carboxylic acids is 1. The SMILES string of the molecule is Cc1cnc(F)c(C(F)F)c1C(=O)O. The minimum atomic E-state index is -3.19. The van der Waals surface area contributed by atoms with Crippen LogP contribution in [0.2, 0.25) is 0 Å². The van der Waals surface area contributed by atoms with Crippen molar-refractivity contribution >= 4 is 5.97 Å². The van der Waals surface area contributed by atoms with Gasteiger partial charge in [0, 0.05) is 6.20 Å². The Morgan fingerprint density at radius 2 is 2.14 bits per heavy atom. The Morgan fingerprint density at radius 1 is 1.57 bits per heavy atom. The predicted octanol–water partition coefficient (Wildman–Crippen LogP) is 2.16. The summed E-state index contributed by atoms with van der Waals surface area (Å²) in [6.45, 7) is 1.28. The fourth-order valence-electron chi connectivity index (χ4n) is 1.09. The van der Waals surface area contributed by atoms with Crippen LogP contribution in [-0.4, -0.2) is 16.1 Å². The summed E-state index contributed by atoms with van der Waals surface area (Å²) in [5.41, 5.74) is -1.86. The van der Waals surface area contributed by atoms with Gasteiger partial charge >= 0.3 is 5.97 Å². The van der Waals surface area contributed by atoms with Crippen molar-refractivity contribution < 1.29 is 23.1 Å². The van der Waals surface area contributed by atoms with E-state index in [1.807, 2.05) is 0 Å². The normalized spacial score (nSPS) is 10.6. The third-order valence-corrected chi connectivity index (χ3v) is 1.69. The largest absolute Gasteiger partial charge is 0.478 e. The zero-order valence-corrected chi connectivity index (χ0v) is 7.09. The molecule has 6 heteroatoms. The fourth-order valence-corrected chi connectivity index (χ4v) is 1.09. The Labute approximate surface area is 77.2 Å². The van der Waals surface area contributed by atoms with Crippen LogP contribution < -0.4 is 0 Å². The zero-order chi connectivity index (χ0) is 10.9. The summed E-state index contributed by atoms with van der Waals surface area (Å²) in [5, 5.41) is 8.59. The first-order chi connectivity index (χ1) is 6.45. The molecule has 0 atom stereocenters. The summed E-state index contributed by atoms with van der Waals surface area (Å²) in [6.07, 6.45) is -2.28. The number of hydrogen-bond donors (Lipinski definition) is 1. The highest BCUT2D eigenvalue weighted by atomic mass is 19.3. The molecule has 0 bridgehead atoms. The lowest BCUT2D eigenvalue weighted by Gasteiger charge is -2.07. The van der Waals surface area contributed by atoms with Gasteiger partial charge in [0.2, 0.25) is 5.95 Å². The molecular weight excluding hydrogens is 199 g/mol. The molecule has 0 aliphatic rings. The smallest absolute Gasteiger partial charge is 0.336 e. The van der Waals surface area contributed by atoms with Crippen molar-refractivity contribution in [3.63, 3.8) is 0 Å². The number of pyridine rings is 1. The monoisotopic (exact) mass is 205 g/mol. The number of hydrogen-bond acceptors (Lipinski definition) is 2. The van der Waals surface area contributed by atoms with Crippen LogP contribution in [0.5, 0.6) is 0 Å². The number of carboxylic acids is 1. The number of aromatic nitrogens is 1. The summed E-state index contributed by atoms with van der Waals surface area (Å²) >= 11 is 0. The van der Waals surface area contributed by atoms with Gasteiger partial charge in [0.05, 0.1) is 11.1 Å². The van der Waals surface area contributed by atoms with Crippen molar-refractivity contribution in [3.8, 4) is 0 Å². The van der Waals surface area contributed by atoms with Gasteiger partial charge < -0.3 is 5.11 Å². The van der Waals surface area contributed by atoms with Gasteiger partial charge in [-0.1, -0.05) is 0 Å². The molecule has 1 aromatic rings. The second-order valence-corrected chi connectivity index (χ2v) is 2.63. The van der Waals surface area contributed by atoms with Gasteiger partial charge in [-0.05, 0) is 12.5 Å². The molecule has 1 aromatic heterocycles. The molecular formula is C8H6F3NO2. The van der Waals surface area contributed by atoms with Crippen LogP contribution in [0.3, 0.4) is 0 Å². The minimum absolute atomic E-state index is 0.00852. The highest BCUT2D eigenvalue weighted by Gasteiger charge is 2.25. The number of carboxylic acid groups (broad SMARTS) is 1. The van der Waals surface area contributed by atoms with Crippen LogP contribution in [0.4, 0.5) is 13.2 Å². The van der Waals surface area contributed by atoms with Gasteiger partial charge in [-0.3, -0.25) is 0 Å². The first-order valence-corrected chi connectivity index (χ1v) is 3.61. The molecule has 0 saturated heterocycles. The average molecular weight is 205 g/mol. The molecule has 0 aromatic carbocycles. The Balaban J connectivity index is 3.50. The summed E-state index contributed by atoms with van der Waals surface area (Å²) < 4.78 is 37.4. The summed E-state index contributed by atoms with van der Waals surface area (Å²) in [6, 6.07) is 0. The predicted molar refractivity (Wildman–Crippen MR) is 40.8 cm³/mol. The van der Waals surface area contributed by atoms with Crippen LogP contribution in [0, 0.1) is 12.9 Å². The van der Waals surface area contributed by atoms with E-state index in [9.17, 15) is 18.0 Å². The second kappa shape index (κ2) is 3.65. The number of aryl methyl sites for hydroxylation is 1. The van der Waals surface area contributed by atoms with Crippen molar-refractivity contribution in [2.75, 3.05) is 0 Å². The van der Waals surface area contributed by atoms with Gasteiger partial charge in [0.25, 0.3) is 6.43 Å². The number of halogens is 3. The van der Waals surface area contributed by atoms with Crippen molar-refractivity contribution in [2.24, 2.45) is 0 Å². The summed E-state index contributed by atoms with van der Waals surface area (Å²) in [7, 11) is 0. The van der Waals surface area contributed by atoms with Crippen LogP contribution in [0.25, 0.3) is 0 Å². The third kappa shape index (κ3) is 1.68. The van der Waals surface area contributed by atoms with Gasteiger partial charge in [-0.15, -0.1) is 0 Å². The molecule has 1 N–H and O–H groups in total. The maximum absolute atomic E-state index is 12.8. The van der Waals surface area contributed by atoms with Crippen LogP contribution in [0.1, 0.15) is 27.9 Å². The molecule has 1 rings (SSSR count). The molecule has 1 heterocycles. The van der Waals surface area contributed by atoms with E-state index in [0.29, 0.717) is 0 Å². The first-order valence-electron chi connectivity index (χ1n) is 3.61. The van der Waals surface area contributed by atoms with E-state index in [-0.39, 0.29) is 5.56 Å². The van der Waals surface area contributed by atoms with Gasteiger partial charge in [-0.25, -0.2) is 18.6 Å². The van der Waals surface area contributed by atoms with Crippen molar-refractivity contribution in [3.05, 3.63) is 28.8 Å². The highest BCUT2D eigenvalue weighted by Crippen LogP contribution is 2.26. The lowest BCUT2D eigenvalue weighted by molar-refractivity contribution is 0.0680. The molecule has 0 fully saturated rings. The van der Waals surface area contributed by atoms with Crippen molar-refractivity contribution in [1.82, 2.24) is 4.98 Å². The van der Waals surface area contributed by atoms with Crippen LogP contribution >= 0.6 is 0 Å². The zero-order valence-electron chi connectivity index (χ0n) is 7.09. The number of nitrogens with zero attached hydrogens (tertiary/aromatic N) is 1. The number of carbonyl (C=O) groups is 1. The highest BCUT2D eigenvalue weighted by molar-refractivity contribution is 5.91. The average Bonchev–Trinajstić information content (AvgIpc) is 2.07. The van der Waals surface area contributed by atoms with Crippen molar-refractivity contribution in [1.29, 1.82) is 0 Å². The lowest BCUT2D eigenvalue weighted by Crippen LogP contribution is -2.09. The maximum atomic E-state index is 12.8. The van der Waals surface area contributed by atoms with E-state index in [1.165, 1.54) is 6.92 Å². The van der Waals surface area contributed by atoms with E-state index >= 15 is 0 Å². The molecule has 0 amide bonds. The Bertz CT molecular complexity index is 379. The summed E-state index contributed by atoms with van der Waals surface area (Å²) in [5.74, 6) is -3.03. The van der Waals surface area contributed by atoms with Crippen LogP contribution in [0.15, 0.2) is 6.20 Å². The molecule has 0 aliphatic heterocycles. The van der Waals surface area contributed by atoms with E-state index in [2.05, 4.69) is 4.98 Å². The van der Waals surface area contributed by atoms with Crippen LogP contribution in [-0.2, 0) is 0 Å². The summed E-state index contributed by atoms with van der Waals surface area (Å²) in [4.78, 5) is 13.6. The van der Waals surface area contributed by atoms with E-state index in [4.69, 9.17) is 5.11 Å². The standard InChI is InChI=1S/C8H6F3NO2/c1-3-2-12-7(11)5(6(9)10)4(3)8(13)14/h2,6H,1H3,(H,13,14). The van der Waals surface area contributed by atoms with E-state index in [1.54, 1.807) is 0 Å². The third-order valence-electron chi connectivity index (χ3n) is 1.69. The van der Waals surface area contributed by atoms with Gasteiger partial charge in [-0.2, -0.15) is 4.39 Å². The maximum Gasteiger partial charge on any atom is 0.336 e. The second-order valence-electron chi connectivity index (χ2n) is 2.63. The Kier molecular flexibility index (Phi) is 2.73. The first kappa shape index (κ1) is 10.5. The quantitative estimate of drug-likeness (QED) is 0.752. The molecule has 14 heavy (non-hydrogen) atoms. The molecule has 0 unspecified atom stereocenters. The Morgan fingerprint density at radius 3 is 2.50 bits per heavy atom. The van der Waals surface area contributed by atoms with Gasteiger partial charge in [0.1, 0.15) is 0 Å². The number of rotatable bonds is 2. The topological polar surface area (TPSA) is 50.2 Å². The van der Waals surface area contributed by atoms with E-state index in [0.717, 1.165) is 6.20 Å². The molecule has 0 aliphatic carbocycles. The number of alkyl halides is 2. The van der Waals surface area contributed by atoms with Crippen molar-refractivity contribution in [2.45, 2.75) is 13.3 Å². The van der Waals surface area contributed by atoms with Gasteiger partial charge in [0.15, 0.2) is 0 Å². The molecule has 0 saturated carbocycles. The Hall–Kier alpha value is -1.59. The molecule has 0 radical (unpaired) electrons. The molecule has 3 nitrogen and oxygen atoms in total. The lowest BCUT2D eigenvalue weighted by atomic mass is 10.1. The minimum Gasteiger partial charge on any atom is -0.478 e. The molecule has 76 valence electrons. The van der Waals surface area contributed by atoms with E-state index < -0.39 is 29.5 Å². The fraction of sp³-hybridized carbons (Fsp3) is 0.250. The molecule has 0 spiro atoms.